The number of hydrogen-bond acceptors (Lipinski definition) is 8. The van der Waals surface area contributed by atoms with Gasteiger partial charge >= 0.3 is 0 Å². The van der Waals surface area contributed by atoms with Crippen LogP contribution in [-0.4, -0.2) is 39.4 Å². The Kier molecular flexibility index (Phi) is 6.12. The minimum Gasteiger partial charge on any atom is -0.372 e. The maximum Gasteiger partial charge on any atom is 0.144 e. The third-order valence-corrected chi connectivity index (χ3v) is 6.33. The molecule has 5 rings (SSSR count). The minimum atomic E-state index is -0.329. The van der Waals surface area contributed by atoms with Gasteiger partial charge in [0.25, 0.3) is 0 Å². The zero-order valence-electron chi connectivity index (χ0n) is 18.1. The molecule has 0 aliphatic heterocycles. The van der Waals surface area contributed by atoms with Gasteiger partial charge in [0.05, 0.1) is 6.20 Å². The Morgan fingerprint density at radius 3 is 1.94 bits per heavy atom. The highest BCUT2D eigenvalue weighted by Gasteiger charge is 2.25. The van der Waals surface area contributed by atoms with Crippen molar-refractivity contribution in [1.82, 2.24) is 25.1 Å². The van der Waals surface area contributed by atoms with Crippen molar-refractivity contribution in [3.63, 3.8) is 0 Å². The molecule has 0 saturated carbocycles. The molecule has 2 unspecified atom stereocenters. The first-order valence-electron chi connectivity index (χ1n) is 10.3. The molecule has 4 aromatic heterocycles. The summed E-state index contributed by atoms with van der Waals surface area (Å²) in [5, 5.41) is 13.3. The zero-order chi connectivity index (χ0) is 22.6. The molecule has 0 aliphatic carbocycles. The Hall–Kier alpha value is -3.59. The van der Waals surface area contributed by atoms with Crippen molar-refractivity contribution in [2.75, 3.05) is 14.2 Å². The molecule has 0 radical (unpaired) electrons. The zero-order valence-corrected chi connectivity index (χ0v) is 18.9. The molecule has 0 bridgehead atoms. The van der Waals surface area contributed by atoms with E-state index in [2.05, 4.69) is 37.3 Å². The Bertz CT molecular complexity index is 1350. The van der Waals surface area contributed by atoms with Gasteiger partial charge in [0, 0.05) is 61.4 Å². The molecule has 2 atom stereocenters. The Labute approximate surface area is 195 Å². The van der Waals surface area contributed by atoms with Gasteiger partial charge in [0.2, 0.25) is 0 Å². The van der Waals surface area contributed by atoms with Crippen molar-refractivity contribution in [2.24, 2.45) is 0 Å². The first kappa shape index (κ1) is 21.3. The fraction of sp³-hybridized carbons (Fsp3) is 0.160. The molecule has 8 heteroatoms. The lowest BCUT2D eigenvalue weighted by Gasteiger charge is -2.25. The summed E-state index contributed by atoms with van der Waals surface area (Å²) in [7, 11) is 3.42. The van der Waals surface area contributed by atoms with Crippen LogP contribution < -0.4 is 0 Å². The number of benzene rings is 1. The summed E-state index contributed by atoms with van der Waals surface area (Å²) in [4.78, 5) is 12.8. The lowest BCUT2D eigenvalue weighted by molar-refractivity contribution is 0.118. The highest BCUT2D eigenvalue weighted by atomic mass is 32.1. The van der Waals surface area contributed by atoms with Gasteiger partial charge in [0.15, 0.2) is 0 Å². The number of fused-ring (bicyclic) bond motifs is 1. The molecule has 7 nitrogen and oxygen atoms in total. The van der Waals surface area contributed by atoms with Crippen LogP contribution in [0.5, 0.6) is 0 Å². The molecule has 1 aromatic carbocycles. The summed E-state index contributed by atoms with van der Waals surface area (Å²) in [6, 6.07) is 12.1. The maximum atomic E-state index is 6.03. The van der Waals surface area contributed by atoms with E-state index < -0.39 is 0 Å². The Morgan fingerprint density at radius 2 is 1.39 bits per heavy atom. The predicted octanol–water partition coefficient (Wildman–Crippen LogP) is 5.01. The fourth-order valence-corrected chi connectivity index (χ4v) is 4.71. The van der Waals surface area contributed by atoms with E-state index in [0.29, 0.717) is 0 Å². The van der Waals surface area contributed by atoms with Crippen molar-refractivity contribution in [2.45, 2.75) is 12.2 Å². The quantitative estimate of drug-likeness (QED) is 0.341. The molecule has 33 heavy (non-hydrogen) atoms. The van der Waals surface area contributed by atoms with E-state index in [1.807, 2.05) is 29.6 Å². The largest absolute Gasteiger partial charge is 0.372 e. The van der Waals surface area contributed by atoms with Gasteiger partial charge in [-0.2, -0.15) is 5.10 Å². The van der Waals surface area contributed by atoms with Crippen LogP contribution in [0.15, 0.2) is 79.0 Å². The lowest BCUT2D eigenvalue weighted by Crippen LogP contribution is -2.13. The van der Waals surface area contributed by atoms with Gasteiger partial charge in [-0.1, -0.05) is 0 Å². The second kappa shape index (κ2) is 9.50. The summed E-state index contributed by atoms with van der Waals surface area (Å²) < 4.78 is 12.0. The molecule has 0 N–H and O–H groups in total. The summed E-state index contributed by atoms with van der Waals surface area (Å²) in [5.41, 5.74) is 4.71. The Balaban J connectivity index is 1.78. The normalized spacial score (nSPS) is 13.2. The van der Waals surface area contributed by atoms with Crippen LogP contribution in [0.1, 0.15) is 34.5 Å². The lowest BCUT2D eigenvalue weighted by atomic mass is 9.89. The first-order valence-corrected chi connectivity index (χ1v) is 11.2. The van der Waals surface area contributed by atoms with Crippen LogP contribution in [0, 0.1) is 0 Å². The number of thiazole rings is 1. The van der Waals surface area contributed by atoms with Gasteiger partial charge in [-0.25, -0.2) is 4.98 Å². The molecule has 5 aromatic rings. The SMILES string of the molecule is COC(c1ccncc1)c1cc2cnnc(-c3nccs3)c2cc1C(OC)c1ccncc1. The number of ether oxygens (including phenoxy) is 2. The highest BCUT2D eigenvalue weighted by Crippen LogP contribution is 2.39. The van der Waals surface area contributed by atoms with Crippen molar-refractivity contribution >= 4 is 22.1 Å². The minimum absolute atomic E-state index is 0.316. The monoisotopic (exact) mass is 455 g/mol. The van der Waals surface area contributed by atoms with Crippen LogP contribution in [0.4, 0.5) is 0 Å². The number of aromatic nitrogens is 5. The third kappa shape index (κ3) is 4.11. The first-order chi connectivity index (χ1) is 16.3. The van der Waals surface area contributed by atoms with Gasteiger partial charge in [-0.15, -0.1) is 16.4 Å². The number of hydrogen-bond donors (Lipinski definition) is 0. The fourth-order valence-electron chi connectivity index (χ4n) is 4.08. The van der Waals surface area contributed by atoms with Crippen LogP contribution in [0.25, 0.3) is 21.5 Å². The highest BCUT2D eigenvalue weighted by molar-refractivity contribution is 7.13. The summed E-state index contributed by atoms with van der Waals surface area (Å²) >= 11 is 1.53. The van der Waals surface area contributed by atoms with Crippen LogP contribution >= 0.6 is 11.3 Å². The van der Waals surface area contributed by atoms with Crippen molar-refractivity contribution in [1.29, 1.82) is 0 Å². The molecule has 164 valence electrons. The molecule has 0 fully saturated rings. The molecular formula is C25H21N5O2S. The molecule has 0 aliphatic rings. The standard InChI is InChI=1S/C25H21N5O2S/c1-31-23(16-3-7-26-8-4-16)20-13-18-15-29-30-22(25-28-11-12-33-25)19(18)14-21(20)24(32-2)17-5-9-27-10-6-17/h3-15,23-24H,1-2H3. The second-order valence-corrected chi connectivity index (χ2v) is 8.29. The average Bonchev–Trinajstić information content (AvgIpc) is 3.41. The topological polar surface area (TPSA) is 82.9 Å². The molecule has 0 saturated heterocycles. The van der Waals surface area contributed by atoms with E-state index in [1.165, 1.54) is 11.3 Å². The van der Waals surface area contributed by atoms with Gasteiger partial charge < -0.3 is 9.47 Å². The summed E-state index contributed by atoms with van der Waals surface area (Å²) in [6.07, 6.45) is 9.97. The van der Waals surface area contributed by atoms with Crippen molar-refractivity contribution in [3.8, 4) is 10.7 Å². The predicted molar refractivity (Wildman–Crippen MR) is 127 cm³/mol. The van der Waals surface area contributed by atoms with Gasteiger partial charge in [-0.05, 0) is 58.7 Å². The summed E-state index contributed by atoms with van der Waals surface area (Å²) in [6.45, 7) is 0. The Morgan fingerprint density at radius 1 is 0.788 bits per heavy atom. The third-order valence-electron chi connectivity index (χ3n) is 5.55. The smallest absolute Gasteiger partial charge is 0.144 e. The second-order valence-electron chi connectivity index (χ2n) is 7.39. The van der Waals surface area contributed by atoms with Crippen LogP contribution in [-0.2, 0) is 9.47 Å². The number of rotatable bonds is 7. The van der Waals surface area contributed by atoms with Gasteiger partial charge in [-0.3, -0.25) is 9.97 Å². The average molecular weight is 456 g/mol. The van der Waals surface area contributed by atoms with E-state index >= 15 is 0 Å². The molecular weight excluding hydrogens is 434 g/mol. The molecule has 0 spiro atoms. The van der Waals surface area contributed by atoms with E-state index in [-0.39, 0.29) is 12.2 Å². The number of nitrogens with zero attached hydrogens (tertiary/aromatic N) is 5. The molecule has 0 amide bonds. The van der Waals surface area contributed by atoms with Crippen molar-refractivity contribution < 1.29 is 9.47 Å². The van der Waals surface area contributed by atoms with E-state index in [0.717, 1.165) is 43.7 Å². The van der Waals surface area contributed by atoms with Gasteiger partial charge in [0.1, 0.15) is 22.9 Å². The maximum absolute atomic E-state index is 6.03. The van der Waals surface area contributed by atoms with E-state index in [9.17, 15) is 0 Å². The van der Waals surface area contributed by atoms with E-state index in [1.54, 1.807) is 51.4 Å². The summed E-state index contributed by atoms with van der Waals surface area (Å²) in [5.74, 6) is 0. The van der Waals surface area contributed by atoms with E-state index in [4.69, 9.17) is 9.47 Å². The number of pyridine rings is 2. The van der Waals surface area contributed by atoms with Crippen molar-refractivity contribution in [3.05, 3.63) is 101 Å². The molecule has 4 heterocycles. The van der Waals surface area contributed by atoms with Crippen LogP contribution in [0.2, 0.25) is 0 Å². The number of methoxy groups -OCH3 is 2. The van der Waals surface area contributed by atoms with Crippen LogP contribution in [0.3, 0.4) is 0 Å².